The molecule has 1 aliphatic heterocycles. The highest BCUT2D eigenvalue weighted by molar-refractivity contribution is 7.98. The molecule has 0 saturated carbocycles. The number of aryl methyl sites for hydroxylation is 1. The SMILES string of the molecule is COc1ccc(CCCCN(CCCN2CCC(Cc3ccccc3)CC2)CC(=O)NCCSCc2ccc(OC)cc2)cc1. The van der Waals surface area contributed by atoms with E-state index in [1.807, 2.05) is 36.0 Å². The number of methoxy groups -OCH3 is 2. The van der Waals surface area contributed by atoms with Crippen LogP contribution in [0.4, 0.5) is 0 Å². The van der Waals surface area contributed by atoms with Crippen LogP contribution in [0.5, 0.6) is 11.5 Å². The van der Waals surface area contributed by atoms with Crippen LogP contribution in [-0.4, -0.2) is 81.5 Å². The molecule has 1 saturated heterocycles. The van der Waals surface area contributed by atoms with E-state index in [0.29, 0.717) is 13.1 Å². The Morgan fingerprint density at radius 3 is 2.13 bits per heavy atom. The van der Waals surface area contributed by atoms with E-state index in [1.165, 1.54) is 49.0 Å². The molecule has 0 aromatic heterocycles. The Kier molecular flexibility index (Phi) is 15.6. The number of carbonyl (C=O) groups is 1. The molecule has 3 aromatic carbocycles. The van der Waals surface area contributed by atoms with Crippen LogP contribution in [0.15, 0.2) is 78.9 Å². The average molecular weight is 632 g/mol. The van der Waals surface area contributed by atoms with E-state index in [4.69, 9.17) is 9.47 Å². The van der Waals surface area contributed by atoms with Crippen molar-refractivity contribution >= 4 is 17.7 Å². The van der Waals surface area contributed by atoms with E-state index in [9.17, 15) is 4.79 Å². The first-order valence-corrected chi connectivity index (χ1v) is 17.9. The van der Waals surface area contributed by atoms with Gasteiger partial charge in [-0.3, -0.25) is 9.69 Å². The maximum atomic E-state index is 12.9. The molecule has 1 aliphatic rings. The first kappa shape index (κ1) is 34.9. The number of rotatable bonds is 20. The minimum atomic E-state index is 0.136. The van der Waals surface area contributed by atoms with Crippen LogP contribution in [0.3, 0.4) is 0 Å². The number of benzene rings is 3. The minimum Gasteiger partial charge on any atom is -0.497 e. The van der Waals surface area contributed by atoms with Crippen LogP contribution < -0.4 is 14.8 Å². The fourth-order valence-electron chi connectivity index (χ4n) is 6.04. The summed E-state index contributed by atoms with van der Waals surface area (Å²) in [7, 11) is 3.39. The molecule has 0 aliphatic carbocycles. The van der Waals surface area contributed by atoms with Crippen LogP contribution in [0.2, 0.25) is 0 Å². The van der Waals surface area contributed by atoms with Gasteiger partial charge in [0.25, 0.3) is 0 Å². The summed E-state index contributed by atoms with van der Waals surface area (Å²) in [6.45, 7) is 6.58. The summed E-state index contributed by atoms with van der Waals surface area (Å²) in [4.78, 5) is 17.9. The molecular weight excluding hydrogens is 579 g/mol. The second kappa shape index (κ2) is 20.2. The van der Waals surface area contributed by atoms with Gasteiger partial charge in [0.15, 0.2) is 0 Å². The first-order chi connectivity index (χ1) is 22.1. The monoisotopic (exact) mass is 631 g/mol. The molecule has 7 heteroatoms. The van der Waals surface area contributed by atoms with Crippen LogP contribution >= 0.6 is 11.8 Å². The third-order valence-electron chi connectivity index (χ3n) is 8.74. The first-order valence-electron chi connectivity index (χ1n) is 16.7. The number of hydrogen-bond donors (Lipinski definition) is 1. The third kappa shape index (κ3) is 13.5. The smallest absolute Gasteiger partial charge is 0.234 e. The zero-order chi connectivity index (χ0) is 31.5. The summed E-state index contributed by atoms with van der Waals surface area (Å²) < 4.78 is 10.5. The average Bonchev–Trinajstić information content (AvgIpc) is 3.08. The van der Waals surface area contributed by atoms with Crippen molar-refractivity contribution in [2.75, 3.05) is 65.8 Å². The number of ether oxygens (including phenoxy) is 2. The molecule has 0 atom stereocenters. The number of unbranched alkanes of at least 4 members (excludes halogenated alkanes) is 1. The Bertz CT molecular complexity index is 1220. The molecule has 3 aromatic rings. The van der Waals surface area contributed by atoms with Gasteiger partial charge in [0, 0.05) is 18.1 Å². The highest BCUT2D eigenvalue weighted by Crippen LogP contribution is 2.22. The van der Waals surface area contributed by atoms with Gasteiger partial charge in [-0.05, 0) is 125 Å². The van der Waals surface area contributed by atoms with E-state index in [1.54, 1.807) is 14.2 Å². The van der Waals surface area contributed by atoms with Crippen molar-refractivity contribution in [1.29, 1.82) is 0 Å². The Morgan fingerprint density at radius 2 is 1.47 bits per heavy atom. The van der Waals surface area contributed by atoms with Crippen molar-refractivity contribution in [3.05, 3.63) is 95.6 Å². The van der Waals surface area contributed by atoms with Crippen LogP contribution in [0.1, 0.15) is 48.8 Å². The van der Waals surface area contributed by atoms with E-state index in [-0.39, 0.29) is 5.91 Å². The fourth-order valence-corrected chi connectivity index (χ4v) is 6.86. The maximum absolute atomic E-state index is 12.9. The summed E-state index contributed by atoms with van der Waals surface area (Å²) in [6.07, 6.45) is 8.11. The Morgan fingerprint density at radius 1 is 0.822 bits per heavy atom. The molecule has 0 unspecified atom stereocenters. The lowest BCUT2D eigenvalue weighted by atomic mass is 9.90. The number of nitrogens with zero attached hydrogens (tertiary/aromatic N) is 2. The molecule has 1 fully saturated rings. The molecule has 6 nitrogen and oxygen atoms in total. The standard InChI is InChI=1S/C38H53N3O3S/c1-43-36-16-12-32(13-17-36)9-6-7-23-41(30-38(42)39-22-28-45-31-35-14-18-37(44-2)19-15-35)25-8-24-40-26-20-34(21-27-40)29-33-10-4-3-5-11-33/h3-5,10-19,34H,6-9,20-31H2,1-2H3,(H,39,42). The van der Waals surface area contributed by atoms with Gasteiger partial charge in [0.2, 0.25) is 5.91 Å². The van der Waals surface area contributed by atoms with Crippen molar-refractivity contribution in [2.24, 2.45) is 5.92 Å². The van der Waals surface area contributed by atoms with E-state index < -0.39 is 0 Å². The van der Waals surface area contributed by atoms with Gasteiger partial charge in [-0.25, -0.2) is 0 Å². The number of carbonyl (C=O) groups excluding carboxylic acids is 1. The maximum Gasteiger partial charge on any atom is 0.234 e. The van der Waals surface area contributed by atoms with Crippen LogP contribution in [0, 0.1) is 5.92 Å². The van der Waals surface area contributed by atoms with Gasteiger partial charge in [-0.1, -0.05) is 54.6 Å². The molecule has 0 bridgehead atoms. The van der Waals surface area contributed by atoms with E-state index in [2.05, 4.69) is 69.7 Å². The number of amides is 1. The number of hydrogen-bond acceptors (Lipinski definition) is 6. The molecule has 0 radical (unpaired) electrons. The normalized spacial score (nSPS) is 14.0. The van der Waals surface area contributed by atoms with Crippen molar-refractivity contribution in [3.63, 3.8) is 0 Å². The highest BCUT2D eigenvalue weighted by atomic mass is 32.2. The van der Waals surface area contributed by atoms with Gasteiger partial charge in [0.1, 0.15) is 11.5 Å². The quantitative estimate of drug-likeness (QED) is 0.140. The topological polar surface area (TPSA) is 54.0 Å². The van der Waals surface area contributed by atoms with E-state index in [0.717, 1.165) is 74.2 Å². The van der Waals surface area contributed by atoms with Gasteiger partial charge in [0.05, 0.1) is 20.8 Å². The summed E-state index contributed by atoms with van der Waals surface area (Å²) >= 11 is 1.85. The molecule has 1 heterocycles. The van der Waals surface area contributed by atoms with Crippen LogP contribution in [0.25, 0.3) is 0 Å². The second-order valence-corrected chi connectivity index (χ2v) is 13.3. The van der Waals surface area contributed by atoms with Crippen molar-refractivity contribution in [1.82, 2.24) is 15.1 Å². The second-order valence-electron chi connectivity index (χ2n) is 12.2. The lowest BCUT2D eigenvalue weighted by Gasteiger charge is -2.32. The van der Waals surface area contributed by atoms with Gasteiger partial charge >= 0.3 is 0 Å². The summed E-state index contributed by atoms with van der Waals surface area (Å²) in [5.41, 5.74) is 4.07. The Balaban J connectivity index is 1.15. The zero-order valence-corrected chi connectivity index (χ0v) is 28.2. The predicted molar refractivity (Wildman–Crippen MR) is 188 cm³/mol. The number of likely N-dealkylation sites (tertiary alicyclic amines) is 1. The Labute approximate surface area is 275 Å². The van der Waals surface area contributed by atoms with E-state index >= 15 is 0 Å². The number of thioether (sulfide) groups is 1. The number of nitrogens with one attached hydrogen (secondary N) is 1. The summed E-state index contributed by atoms with van der Waals surface area (Å²) in [5, 5.41) is 3.17. The molecule has 4 rings (SSSR count). The van der Waals surface area contributed by atoms with Gasteiger partial charge < -0.3 is 19.7 Å². The summed E-state index contributed by atoms with van der Waals surface area (Å²) in [5.74, 6) is 4.55. The highest BCUT2D eigenvalue weighted by Gasteiger charge is 2.19. The molecule has 45 heavy (non-hydrogen) atoms. The minimum absolute atomic E-state index is 0.136. The van der Waals surface area contributed by atoms with Crippen molar-refractivity contribution in [3.8, 4) is 11.5 Å². The molecule has 0 spiro atoms. The Hall–Kier alpha value is -3.00. The summed E-state index contributed by atoms with van der Waals surface area (Å²) in [6, 6.07) is 27.5. The van der Waals surface area contributed by atoms with Gasteiger partial charge in [-0.15, -0.1) is 0 Å². The molecule has 1 N–H and O–H groups in total. The lowest BCUT2D eigenvalue weighted by molar-refractivity contribution is -0.122. The van der Waals surface area contributed by atoms with Crippen LogP contribution in [-0.2, 0) is 23.4 Å². The lowest BCUT2D eigenvalue weighted by Crippen LogP contribution is -2.40. The third-order valence-corrected chi connectivity index (χ3v) is 9.77. The molecule has 1 amide bonds. The molecular formula is C38H53N3O3S. The fraction of sp³-hybridized carbons (Fsp3) is 0.500. The van der Waals surface area contributed by atoms with Crippen molar-refractivity contribution in [2.45, 2.75) is 50.7 Å². The molecule has 244 valence electrons. The predicted octanol–water partition coefficient (Wildman–Crippen LogP) is 6.72. The number of piperidine rings is 1. The van der Waals surface area contributed by atoms with Crippen molar-refractivity contribution < 1.29 is 14.3 Å². The largest absolute Gasteiger partial charge is 0.497 e. The zero-order valence-electron chi connectivity index (χ0n) is 27.4. The van der Waals surface area contributed by atoms with Gasteiger partial charge in [-0.2, -0.15) is 11.8 Å².